The van der Waals surface area contributed by atoms with Crippen LogP contribution in [0.5, 0.6) is 0 Å². The third-order valence-corrected chi connectivity index (χ3v) is 1.35. The van der Waals surface area contributed by atoms with Gasteiger partial charge in [-0.25, -0.2) is 9.59 Å². The van der Waals surface area contributed by atoms with Gasteiger partial charge in [-0.3, -0.25) is 0 Å². The highest BCUT2D eigenvalue weighted by atomic mass is 35.6. The Hall–Kier alpha value is -0.390. The lowest BCUT2D eigenvalue weighted by Gasteiger charge is -2.06. The van der Waals surface area contributed by atoms with E-state index in [1.54, 1.807) is 21.1 Å². The number of carbonyl (C=O) groups is 2. The molecule has 8 heteroatoms. The molecule has 0 aliphatic carbocycles. The van der Waals surface area contributed by atoms with Gasteiger partial charge < -0.3 is 15.3 Å². The highest BCUT2D eigenvalue weighted by molar-refractivity contribution is 6.75. The van der Waals surface area contributed by atoms with Crippen molar-refractivity contribution >= 4 is 46.8 Å². The molecule has 0 unspecified atom stereocenters. The molecule has 0 heterocycles. The summed E-state index contributed by atoms with van der Waals surface area (Å²) in [5.74, 6) is -1.46. The van der Waals surface area contributed by atoms with Crippen LogP contribution >= 0.6 is 34.8 Å². The van der Waals surface area contributed by atoms with Gasteiger partial charge in [-0.2, -0.15) is 0 Å². The molecule has 0 radical (unpaired) electrons. The average Bonchev–Trinajstić information content (AvgIpc) is 2.02. The molecule has 0 rings (SSSR count). The maximum atomic E-state index is 10.3. The molecule has 14 heavy (non-hydrogen) atoms. The van der Waals surface area contributed by atoms with Crippen molar-refractivity contribution in [2.45, 2.75) is 3.79 Å². The van der Waals surface area contributed by atoms with Gasteiger partial charge in [-0.15, -0.1) is 0 Å². The number of hydrogen-bond acceptors (Lipinski definition) is 2. The normalized spacial score (nSPS) is 9.57. The van der Waals surface area contributed by atoms with Crippen LogP contribution in [0.1, 0.15) is 0 Å². The van der Waals surface area contributed by atoms with Crippen LogP contribution < -0.4 is 5.32 Å². The van der Waals surface area contributed by atoms with E-state index in [4.69, 9.17) is 39.9 Å². The summed E-state index contributed by atoms with van der Waals surface area (Å²) in [4.78, 5) is 21.4. The smallest absolute Gasteiger partial charge is 0.356 e. The van der Waals surface area contributed by atoms with Gasteiger partial charge in [0.25, 0.3) is 3.79 Å². The maximum absolute atomic E-state index is 10.3. The first kappa shape index (κ1) is 16.1. The Morgan fingerprint density at radius 3 is 1.57 bits per heavy atom. The second-order valence-electron chi connectivity index (χ2n) is 2.25. The van der Waals surface area contributed by atoms with Crippen LogP contribution in [0.3, 0.4) is 0 Å². The fourth-order valence-corrected chi connectivity index (χ4v) is 0.224. The summed E-state index contributed by atoms with van der Waals surface area (Å²) in [5, 5.41) is 10.3. The Kier molecular flexibility index (Phi) is 8.00. The number of urea groups is 1. The van der Waals surface area contributed by atoms with Crippen LogP contribution in [0.2, 0.25) is 0 Å². The molecule has 0 aromatic heterocycles. The van der Waals surface area contributed by atoms with Crippen LogP contribution in [-0.2, 0) is 4.79 Å². The summed E-state index contributed by atoms with van der Waals surface area (Å²) in [6, 6.07) is -0.0694. The van der Waals surface area contributed by atoms with E-state index < -0.39 is 9.76 Å². The lowest BCUT2D eigenvalue weighted by molar-refractivity contribution is -0.135. The molecule has 0 fully saturated rings. The summed E-state index contributed by atoms with van der Waals surface area (Å²) in [6.45, 7) is 0. The Labute approximate surface area is 96.9 Å². The number of hydrogen-bond donors (Lipinski definition) is 2. The van der Waals surface area contributed by atoms with Crippen molar-refractivity contribution in [2.24, 2.45) is 0 Å². The fourth-order valence-electron chi connectivity index (χ4n) is 0.224. The van der Waals surface area contributed by atoms with E-state index in [0.717, 1.165) is 0 Å². The number of aliphatic carboxylic acids is 1. The highest BCUT2D eigenvalue weighted by Gasteiger charge is 2.29. The predicted molar refractivity (Wildman–Crippen MR) is 56.1 cm³/mol. The van der Waals surface area contributed by atoms with Crippen molar-refractivity contribution in [2.75, 3.05) is 21.1 Å². The van der Waals surface area contributed by atoms with E-state index in [0.29, 0.717) is 0 Å². The lowest BCUT2D eigenvalue weighted by atomic mass is 10.8. The molecule has 0 aliphatic rings. The van der Waals surface area contributed by atoms with Gasteiger partial charge >= 0.3 is 12.0 Å². The van der Waals surface area contributed by atoms with Crippen LogP contribution in [-0.4, -0.2) is 46.9 Å². The number of nitrogens with zero attached hydrogens (tertiary/aromatic N) is 1. The van der Waals surface area contributed by atoms with Gasteiger partial charge in [0.15, 0.2) is 0 Å². The van der Waals surface area contributed by atoms with E-state index in [-0.39, 0.29) is 6.03 Å². The Morgan fingerprint density at radius 2 is 1.57 bits per heavy atom. The largest absolute Gasteiger partial charge is 0.478 e. The standard InChI is InChI=1S/C4H10N2O.C2HCl3O2/c1-5-4(7)6(2)3;3-2(4,5)1(6)7/h1-3H3,(H,5,7);(H,6,7). The monoisotopic (exact) mass is 264 g/mol. The fraction of sp³-hybridized carbons (Fsp3) is 0.667. The van der Waals surface area contributed by atoms with Crippen molar-refractivity contribution in [3.05, 3.63) is 0 Å². The summed E-state index contributed by atoms with van der Waals surface area (Å²) < 4.78 is -2.17. The molecule has 0 atom stereocenters. The number of alkyl halides is 3. The van der Waals surface area contributed by atoms with Crippen LogP contribution in [0.25, 0.3) is 0 Å². The molecule has 0 spiro atoms. The van der Waals surface area contributed by atoms with Crippen molar-refractivity contribution < 1.29 is 14.7 Å². The van der Waals surface area contributed by atoms with E-state index in [1.807, 2.05) is 0 Å². The molecule has 0 saturated carbocycles. The van der Waals surface area contributed by atoms with Crippen molar-refractivity contribution in [3.8, 4) is 0 Å². The minimum atomic E-state index is -2.17. The van der Waals surface area contributed by atoms with Crippen molar-refractivity contribution in [1.29, 1.82) is 0 Å². The van der Waals surface area contributed by atoms with Crippen LogP contribution in [0, 0.1) is 0 Å². The molecule has 0 aromatic carbocycles. The average molecular weight is 266 g/mol. The topological polar surface area (TPSA) is 69.6 Å². The minimum absolute atomic E-state index is 0.0694. The zero-order chi connectivity index (χ0) is 11.9. The molecular formula is C6H11Cl3N2O3. The first-order valence-corrected chi connectivity index (χ1v) is 4.45. The van der Waals surface area contributed by atoms with Gasteiger partial charge in [0.05, 0.1) is 0 Å². The number of rotatable bonds is 0. The van der Waals surface area contributed by atoms with Gasteiger partial charge in [0.2, 0.25) is 0 Å². The van der Waals surface area contributed by atoms with Crippen LogP contribution in [0.15, 0.2) is 0 Å². The first-order valence-electron chi connectivity index (χ1n) is 3.32. The van der Waals surface area contributed by atoms with Crippen molar-refractivity contribution in [3.63, 3.8) is 0 Å². The van der Waals surface area contributed by atoms with E-state index in [9.17, 15) is 9.59 Å². The molecule has 84 valence electrons. The van der Waals surface area contributed by atoms with Crippen LogP contribution in [0.4, 0.5) is 4.79 Å². The molecule has 0 aliphatic heterocycles. The zero-order valence-electron chi connectivity index (χ0n) is 7.84. The number of nitrogens with one attached hydrogen (secondary N) is 1. The number of carbonyl (C=O) groups excluding carboxylic acids is 1. The summed E-state index contributed by atoms with van der Waals surface area (Å²) >= 11 is 14.4. The first-order chi connectivity index (χ1) is 6.12. The Balaban J connectivity index is 0. The number of carboxylic acid groups (broad SMARTS) is 1. The highest BCUT2D eigenvalue weighted by Crippen LogP contribution is 2.25. The quantitative estimate of drug-likeness (QED) is 0.649. The molecule has 0 saturated heterocycles. The molecule has 0 bridgehead atoms. The second kappa shape index (κ2) is 6.98. The predicted octanol–water partition coefficient (Wildman–Crippen LogP) is 1.33. The summed E-state index contributed by atoms with van der Waals surface area (Å²) in [6.07, 6.45) is 0. The Morgan fingerprint density at radius 1 is 1.29 bits per heavy atom. The lowest BCUT2D eigenvalue weighted by Crippen LogP contribution is -2.31. The van der Waals surface area contributed by atoms with E-state index in [1.165, 1.54) is 4.90 Å². The van der Waals surface area contributed by atoms with Crippen molar-refractivity contribution in [1.82, 2.24) is 10.2 Å². The molecule has 2 amide bonds. The zero-order valence-corrected chi connectivity index (χ0v) is 10.1. The summed E-state index contributed by atoms with van der Waals surface area (Å²) in [7, 11) is 4.99. The van der Waals surface area contributed by atoms with Gasteiger partial charge in [-0.05, 0) is 0 Å². The summed E-state index contributed by atoms with van der Waals surface area (Å²) in [5.41, 5.74) is 0. The third kappa shape index (κ3) is 9.70. The number of halogens is 3. The number of carboxylic acids is 1. The number of amides is 2. The molecular weight excluding hydrogens is 254 g/mol. The second-order valence-corrected chi connectivity index (χ2v) is 4.53. The van der Waals surface area contributed by atoms with Gasteiger partial charge in [0.1, 0.15) is 0 Å². The van der Waals surface area contributed by atoms with Gasteiger partial charge in [0, 0.05) is 21.1 Å². The third-order valence-electron chi connectivity index (χ3n) is 0.863. The van der Waals surface area contributed by atoms with E-state index >= 15 is 0 Å². The Bertz CT molecular complexity index is 201. The molecule has 0 aromatic rings. The van der Waals surface area contributed by atoms with E-state index in [2.05, 4.69) is 5.32 Å². The molecule has 5 nitrogen and oxygen atoms in total. The van der Waals surface area contributed by atoms with Gasteiger partial charge in [-0.1, -0.05) is 34.8 Å². The maximum Gasteiger partial charge on any atom is 0.356 e. The molecule has 2 N–H and O–H groups in total. The minimum Gasteiger partial charge on any atom is -0.478 e. The SMILES string of the molecule is CNC(=O)N(C)C.O=C(O)C(Cl)(Cl)Cl.